The Bertz CT molecular complexity index is 1150. The average Bonchev–Trinajstić information content (AvgIpc) is 3.55. The first-order valence-electron chi connectivity index (χ1n) is 12.1. The molecule has 184 valence electrons. The second-order valence-corrected chi connectivity index (χ2v) is 9.08. The molecule has 2 aliphatic rings. The molecule has 3 aromatic rings. The van der Waals surface area contributed by atoms with E-state index in [-0.39, 0.29) is 24.4 Å². The van der Waals surface area contributed by atoms with E-state index >= 15 is 0 Å². The molecule has 2 aromatic carbocycles. The third kappa shape index (κ3) is 5.23. The van der Waals surface area contributed by atoms with E-state index in [2.05, 4.69) is 10.1 Å². The van der Waals surface area contributed by atoms with Gasteiger partial charge < -0.3 is 23.8 Å². The van der Waals surface area contributed by atoms with E-state index in [1.165, 1.54) is 6.07 Å². The fourth-order valence-electron chi connectivity index (χ4n) is 4.65. The zero-order valence-corrected chi connectivity index (χ0v) is 19.9. The normalized spacial score (nSPS) is 18.1. The van der Waals surface area contributed by atoms with Crippen LogP contribution in [0.15, 0.2) is 53.1 Å². The number of nitrogens with zero attached hydrogens (tertiary/aromatic N) is 3. The SMILES string of the molecule is Cc1ccc(C(=O)N(Cc2c(-c3ccccc3F)noc2N2CCOCC2)CC2CCCO2)cc1. The number of ether oxygens (including phenoxy) is 2. The highest BCUT2D eigenvalue weighted by molar-refractivity contribution is 5.94. The number of aryl methyl sites for hydroxylation is 1. The van der Waals surface area contributed by atoms with Crippen LogP contribution in [0.25, 0.3) is 11.3 Å². The van der Waals surface area contributed by atoms with E-state index < -0.39 is 0 Å². The predicted molar refractivity (Wildman–Crippen MR) is 130 cm³/mol. The fourth-order valence-corrected chi connectivity index (χ4v) is 4.65. The minimum absolute atomic E-state index is 0.0343. The van der Waals surface area contributed by atoms with Crippen molar-refractivity contribution in [1.29, 1.82) is 0 Å². The molecule has 0 spiro atoms. The van der Waals surface area contributed by atoms with Crippen molar-refractivity contribution in [2.75, 3.05) is 44.4 Å². The molecule has 2 fully saturated rings. The highest BCUT2D eigenvalue weighted by Crippen LogP contribution is 2.34. The lowest BCUT2D eigenvalue weighted by atomic mass is 10.0. The van der Waals surface area contributed by atoms with Gasteiger partial charge in [-0.05, 0) is 44.0 Å². The molecule has 0 saturated carbocycles. The Labute approximate surface area is 204 Å². The van der Waals surface area contributed by atoms with Crippen LogP contribution in [0.3, 0.4) is 0 Å². The number of anilines is 1. The van der Waals surface area contributed by atoms with Gasteiger partial charge in [0.25, 0.3) is 5.91 Å². The van der Waals surface area contributed by atoms with Gasteiger partial charge in [0.05, 0.1) is 31.4 Å². The van der Waals surface area contributed by atoms with E-state index in [0.29, 0.717) is 67.7 Å². The lowest BCUT2D eigenvalue weighted by molar-refractivity contribution is 0.0507. The quantitative estimate of drug-likeness (QED) is 0.499. The molecule has 0 bridgehead atoms. The second-order valence-electron chi connectivity index (χ2n) is 9.08. The van der Waals surface area contributed by atoms with Gasteiger partial charge in [-0.15, -0.1) is 0 Å². The Balaban J connectivity index is 1.53. The molecule has 1 aromatic heterocycles. The van der Waals surface area contributed by atoms with E-state index in [1.807, 2.05) is 31.2 Å². The van der Waals surface area contributed by atoms with Crippen LogP contribution >= 0.6 is 0 Å². The lowest BCUT2D eigenvalue weighted by Gasteiger charge is -2.29. The molecule has 0 radical (unpaired) electrons. The van der Waals surface area contributed by atoms with Crippen LogP contribution in [0.4, 0.5) is 10.3 Å². The molecule has 2 saturated heterocycles. The Kier molecular flexibility index (Phi) is 7.11. The Hall–Kier alpha value is -3.23. The number of carbonyl (C=O) groups is 1. The maximum Gasteiger partial charge on any atom is 0.254 e. The summed E-state index contributed by atoms with van der Waals surface area (Å²) in [5.74, 6) is 0.0702. The van der Waals surface area contributed by atoms with Gasteiger partial charge in [0.15, 0.2) is 0 Å². The summed E-state index contributed by atoms with van der Waals surface area (Å²) in [6, 6.07) is 14.1. The summed E-state index contributed by atoms with van der Waals surface area (Å²) in [7, 11) is 0. The van der Waals surface area contributed by atoms with Crippen molar-refractivity contribution >= 4 is 11.8 Å². The summed E-state index contributed by atoms with van der Waals surface area (Å²) < 4.78 is 32.0. The van der Waals surface area contributed by atoms with Crippen molar-refractivity contribution in [3.05, 3.63) is 71.0 Å². The molecule has 8 heteroatoms. The fraction of sp³-hybridized carbons (Fsp3) is 0.407. The molecule has 1 unspecified atom stereocenters. The van der Waals surface area contributed by atoms with Crippen molar-refractivity contribution in [1.82, 2.24) is 10.1 Å². The number of amides is 1. The monoisotopic (exact) mass is 479 g/mol. The molecule has 1 atom stereocenters. The lowest BCUT2D eigenvalue weighted by Crippen LogP contribution is -2.39. The summed E-state index contributed by atoms with van der Waals surface area (Å²) in [5, 5.41) is 4.28. The molecule has 35 heavy (non-hydrogen) atoms. The number of hydrogen-bond acceptors (Lipinski definition) is 6. The van der Waals surface area contributed by atoms with Crippen LogP contribution in [-0.4, -0.2) is 61.5 Å². The smallest absolute Gasteiger partial charge is 0.254 e. The molecule has 3 heterocycles. The number of benzene rings is 2. The number of morpholine rings is 1. The first kappa shape index (κ1) is 23.5. The van der Waals surface area contributed by atoms with Crippen LogP contribution in [-0.2, 0) is 16.0 Å². The maximum absolute atomic E-state index is 14.8. The topological polar surface area (TPSA) is 68.0 Å². The molecular formula is C27H30FN3O4. The summed E-state index contributed by atoms with van der Waals surface area (Å²) in [6.45, 7) is 5.76. The minimum atomic E-state index is -0.383. The van der Waals surface area contributed by atoms with Crippen LogP contribution in [0, 0.1) is 12.7 Å². The van der Waals surface area contributed by atoms with E-state index in [4.69, 9.17) is 14.0 Å². The third-order valence-electron chi connectivity index (χ3n) is 6.58. The van der Waals surface area contributed by atoms with E-state index in [1.54, 1.807) is 23.1 Å². The van der Waals surface area contributed by atoms with Crippen LogP contribution < -0.4 is 4.90 Å². The van der Waals surface area contributed by atoms with Gasteiger partial charge in [-0.3, -0.25) is 4.79 Å². The standard InChI is InChI=1S/C27H30FN3O4/c1-19-8-10-20(11-9-19)26(32)31(17-21-5-4-14-34-21)18-23-25(22-6-2-3-7-24(22)28)29-35-27(23)30-12-15-33-16-13-30/h2-3,6-11,21H,4-5,12-18H2,1H3. The Morgan fingerprint density at radius 3 is 2.60 bits per heavy atom. The zero-order valence-electron chi connectivity index (χ0n) is 19.9. The average molecular weight is 480 g/mol. The van der Waals surface area contributed by atoms with Crippen LogP contribution in [0.5, 0.6) is 0 Å². The second kappa shape index (κ2) is 10.6. The summed E-state index contributed by atoms with van der Waals surface area (Å²) in [5.41, 5.74) is 3.15. The van der Waals surface area contributed by atoms with Gasteiger partial charge in [0, 0.05) is 37.4 Å². The first-order valence-corrected chi connectivity index (χ1v) is 12.1. The number of aromatic nitrogens is 1. The van der Waals surface area contributed by atoms with Gasteiger partial charge in [-0.2, -0.15) is 0 Å². The van der Waals surface area contributed by atoms with Crippen LogP contribution in [0.1, 0.15) is 34.3 Å². The molecule has 7 nitrogen and oxygen atoms in total. The molecule has 5 rings (SSSR count). The molecular weight excluding hydrogens is 449 g/mol. The number of carbonyl (C=O) groups excluding carboxylic acids is 1. The molecule has 2 aliphatic heterocycles. The largest absolute Gasteiger partial charge is 0.378 e. The molecule has 0 N–H and O–H groups in total. The number of halogens is 1. The van der Waals surface area contributed by atoms with E-state index in [9.17, 15) is 9.18 Å². The third-order valence-corrected chi connectivity index (χ3v) is 6.58. The van der Waals surface area contributed by atoms with Crippen molar-refractivity contribution < 1.29 is 23.2 Å². The van der Waals surface area contributed by atoms with Crippen molar-refractivity contribution in [3.8, 4) is 11.3 Å². The molecule has 1 amide bonds. The minimum Gasteiger partial charge on any atom is -0.378 e. The van der Waals surface area contributed by atoms with Crippen molar-refractivity contribution in [3.63, 3.8) is 0 Å². The molecule has 0 aliphatic carbocycles. The number of hydrogen-bond donors (Lipinski definition) is 0. The van der Waals surface area contributed by atoms with Gasteiger partial charge in [0.1, 0.15) is 11.5 Å². The number of rotatable bonds is 7. The predicted octanol–water partition coefficient (Wildman–Crippen LogP) is 4.45. The summed E-state index contributed by atoms with van der Waals surface area (Å²) >= 11 is 0. The van der Waals surface area contributed by atoms with Crippen molar-refractivity contribution in [2.24, 2.45) is 0 Å². The first-order chi connectivity index (χ1) is 17.1. The maximum atomic E-state index is 14.8. The Morgan fingerprint density at radius 1 is 1.11 bits per heavy atom. The highest BCUT2D eigenvalue weighted by Gasteiger charge is 2.30. The Morgan fingerprint density at radius 2 is 1.89 bits per heavy atom. The summed E-state index contributed by atoms with van der Waals surface area (Å²) in [4.78, 5) is 17.5. The highest BCUT2D eigenvalue weighted by atomic mass is 19.1. The van der Waals surface area contributed by atoms with E-state index in [0.717, 1.165) is 18.4 Å². The van der Waals surface area contributed by atoms with Gasteiger partial charge >= 0.3 is 0 Å². The van der Waals surface area contributed by atoms with Crippen molar-refractivity contribution in [2.45, 2.75) is 32.4 Å². The summed E-state index contributed by atoms with van der Waals surface area (Å²) in [6.07, 6.45) is 1.84. The van der Waals surface area contributed by atoms with Gasteiger partial charge in [-0.25, -0.2) is 4.39 Å². The van der Waals surface area contributed by atoms with Gasteiger partial charge in [-0.1, -0.05) is 35.0 Å². The van der Waals surface area contributed by atoms with Gasteiger partial charge in [0.2, 0.25) is 5.88 Å². The zero-order chi connectivity index (χ0) is 24.2. The van der Waals surface area contributed by atoms with Crippen LogP contribution in [0.2, 0.25) is 0 Å².